The molecule has 4 aromatic rings. The van der Waals surface area contributed by atoms with Crippen molar-refractivity contribution in [3.05, 3.63) is 107 Å². The number of aromatic nitrogens is 3. The van der Waals surface area contributed by atoms with E-state index in [1.807, 2.05) is 30.3 Å². The molecule has 1 aliphatic heterocycles. The Morgan fingerprint density at radius 1 is 0.941 bits per heavy atom. The molecule has 0 unspecified atom stereocenters. The summed E-state index contributed by atoms with van der Waals surface area (Å²) in [5.74, 6) is -1.21. The molecule has 0 atom stereocenters. The van der Waals surface area contributed by atoms with Crippen LogP contribution in [0.2, 0.25) is 5.02 Å². The van der Waals surface area contributed by atoms with E-state index in [1.54, 1.807) is 18.2 Å². The van der Waals surface area contributed by atoms with Crippen molar-refractivity contribution in [2.24, 2.45) is 0 Å². The minimum absolute atomic E-state index is 0.216. The highest BCUT2D eigenvalue weighted by atomic mass is 35.5. The second kappa shape index (κ2) is 8.92. The molecule has 1 aromatic heterocycles. The maximum Gasteiger partial charge on any atom is 0.261 e. The van der Waals surface area contributed by atoms with Crippen molar-refractivity contribution in [2.45, 2.75) is 6.42 Å². The van der Waals surface area contributed by atoms with E-state index in [2.05, 4.69) is 15.4 Å². The molecule has 1 N–H and O–H groups in total. The molecule has 3 amide bonds. The van der Waals surface area contributed by atoms with Gasteiger partial charge in [0.05, 0.1) is 22.5 Å². The minimum atomic E-state index is -0.450. The number of carbonyl (C=O) groups is 3. The first-order valence-electron chi connectivity index (χ1n) is 10.5. The van der Waals surface area contributed by atoms with Crippen molar-refractivity contribution < 1.29 is 14.4 Å². The van der Waals surface area contributed by atoms with Crippen molar-refractivity contribution in [3.63, 3.8) is 0 Å². The Hall–Kier alpha value is -4.30. The van der Waals surface area contributed by atoms with Crippen LogP contribution in [0.15, 0.2) is 79.4 Å². The number of imide groups is 1. The Bertz CT molecular complexity index is 1400. The van der Waals surface area contributed by atoms with E-state index in [-0.39, 0.29) is 23.6 Å². The predicted molar refractivity (Wildman–Crippen MR) is 126 cm³/mol. The number of fused-ring (bicyclic) bond motifs is 1. The fourth-order valence-corrected chi connectivity index (χ4v) is 4.03. The molecular weight excluding hydrogens is 454 g/mol. The first-order valence-corrected chi connectivity index (χ1v) is 10.9. The first-order chi connectivity index (χ1) is 16.5. The van der Waals surface area contributed by atoms with Gasteiger partial charge in [0.15, 0.2) is 0 Å². The zero-order valence-electron chi connectivity index (χ0n) is 17.8. The maximum atomic E-state index is 13.0. The summed E-state index contributed by atoms with van der Waals surface area (Å²) in [6.07, 6.45) is 3.44. The van der Waals surface area contributed by atoms with Gasteiger partial charge in [0, 0.05) is 17.1 Å². The van der Waals surface area contributed by atoms with Crippen LogP contribution in [0.3, 0.4) is 0 Å². The lowest BCUT2D eigenvalue weighted by Gasteiger charge is -2.13. The van der Waals surface area contributed by atoms with Crippen LogP contribution in [0.1, 0.15) is 36.6 Å². The number of hydrogen-bond acceptors (Lipinski definition) is 5. The normalized spacial score (nSPS) is 12.7. The number of rotatable bonds is 6. The molecule has 0 bridgehead atoms. The van der Waals surface area contributed by atoms with Crippen molar-refractivity contribution in [1.82, 2.24) is 19.7 Å². The Labute approximate surface area is 199 Å². The third kappa shape index (κ3) is 4.06. The van der Waals surface area contributed by atoms with E-state index < -0.39 is 11.8 Å². The summed E-state index contributed by atoms with van der Waals surface area (Å²) in [7, 11) is 0. The SMILES string of the molecule is O=C(Nc1cc(Cl)ccc1-n1cncn1)c1ccc2c(c1)C(=O)N(CCc1ccccc1)C2=O. The van der Waals surface area contributed by atoms with E-state index in [0.717, 1.165) is 5.56 Å². The Kier molecular flexibility index (Phi) is 5.65. The van der Waals surface area contributed by atoms with E-state index in [4.69, 9.17) is 11.6 Å². The van der Waals surface area contributed by atoms with Gasteiger partial charge in [0.25, 0.3) is 17.7 Å². The number of halogens is 1. The number of anilines is 1. The zero-order valence-corrected chi connectivity index (χ0v) is 18.6. The van der Waals surface area contributed by atoms with Crippen LogP contribution >= 0.6 is 11.6 Å². The molecular formula is C25H18ClN5O3. The molecule has 2 heterocycles. The maximum absolute atomic E-state index is 13.0. The van der Waals surface area contributed by atoms with Crippen LogP contribution in [-0.4, -0.2) is 43.9 Å². The van der Waals surface area contributed by atoms with Gasteiger partial charge in [0.1, 0.15) is 12.7 Å². The van der Waals surface area contributed by atoms with Gasteiger partial charge in [-0.2, -0.15) is 5.10 Å². The van der Waals surface area contributed by atoms with Crippen LogP contribution in [0.4, 0.5) is 5.69 Å². The summed E-state index contributed by atoms with van der Waals surface area (Å²) >= 11 is 6.13. The van der Waals surface area contributed by atoms with E-state index in [9.17, 15) is 14.4 Å². The fourth-order valence-electron chi connectivity index (χ4n) is 3.86. The molecule has 34 heavy (non-hydrogen) atoms. The highest BCUT2D eigenvalue weighted by Gasteiger charge is 2.35. The average molecular weight is 472 g/mol. The third-order valence-electron chi connectivity index (χ3n) is 5.57. The van der Waals surface area contributed by atoms with Crippen molar-refractivity contribution in [2.75, 3.05) is 11.9 Å². The van der Waals surface area contributed by atoms with Crippen molar-refractivity contribution in [3.8, 4) is 5.69 Å². The van der Waals surface area contributed by atoms with Gasteiger partial charge in [-0.25, -0.2) is 9.67 Å². The van der Waals surface area contributed by atoms with E-state index in [0.29, 0.717) is 28.4 Å². The van der Waals surface area contributed by atoms with Gasteiger partial charge in [-0.05, 0) is 48.4 Å². The summed E-state index contributed by atoms with van der Waals surface area (Å²) in [6.45, 7) is 0.266. The van der Waals surface area contributed by atoms with Crippen molar-refractivity contribution >= 4 is 35.0 Å². The Morgan fingerprint density at radius 3 is 2.50 bits per heavy atom. The van der Waals surface area contributed by atoms with Crippen molar-refractivity contribution in [1.29, 1.82) is 0 Å². The van der Waals surface area contributed by atoms with Gasteiger partial charge in [-0.3, -0.25) is 19.3 Å². The molecule has 168 valence electrons. The highest BCUT2D eigenvalue weighted by Crippen LogP contribution is 2.27. The summed E-state index contributed by atoms with van der Waals surface area (Å²) in [4.78, 5) is 43.9. The summed E-state index contributed by atoms with van der Waals surface area (Å²) in [5, 5.41) is 7.34. The second-order valence-electron chi connectivity index (χ2n) is 7.71. The number of carbonyl (C=O) groups excluding carboxylic acids is 3. The molecule has 5 rings (SSSR count). The molecule has 1 aliphatic rings. The average Bonchev–Trinajstić information content (AvgIpc) is 3.46. The molecule has 9 heteroatoms. The number of hydrogen-bond donors (Lipinski definition) is 1. The van der Waals surface area contributed by atoms with Crippen LogP contribution in [0, 0.1) is 0 Å². The fraction of sp³-hybridized carbons (Fsp3) is 0.0800. The standard InChI is InChI=1S/C25H18ClN5O3/c26-18-7-9-22(31-15-27-14-28-31)21(13-18)29-23(32)17-6-8-19-20(12-17)25(34)30(24(19)33)11-10-16-4-2-1-3-5-16/h1-9,12-15H,10-11H2,(H,29,32). The van der Waals surface area contributed by atoms with Crippen LogP contribution < -0.4 is 5.32 Å². The first kappa shape index (κ1) is 21.5. The number of amides is 3. The summed E-state index contributed by atoms with van der Waals surface area (Å²) < 4.78 is 1.50. The van der Waals surface area contributed by atoms with Gasteiger partial charge >= 0.3 is 0 Å². The van der Waals surface area contributed by atoms with Gasteiger partial charge in [0.2, 0.25) is 0 Å². The molecule has 3 aromatic carbocycles. The summed E-state index contributed by atoms with van der Waals surface area (Å²) in [5.41, 5.74) is 2.79. The lowest BCUT2D eigenvalue weighted by molar-refractivity contribution is 0.0656. The zero-order chi connectivity index (χ0) is 23.7. The molecule has 0 saturated heterocycles. The highest BCUT2D eigenvalue weighted by molar-refractivity contribution is 6.31. The lowest BCUT2D eigenvalue weighted by Crippen LogP contribution is -2.31. The third-order valence-corrected chi connectivity index (χ3v) is 5.81. The van der Waals surface area contributed by atoms with E-state index in [1.165, 1.54) is 40.4 Å². The van der Waals surface area contributed by atoms with Gasteiger partial charge < -0.3 is 5.32 Å². The molecule has 0 fully saturated rings. The molecule has 0 spiro atoms. The van der Waals surface area contributed by atoms with Crippen LogP contribution in [0.5, 0.6) is 0 Å². The quantitative estimate of drug-likeness (QED) is 0.428. The van der Waals surface area contributed by atoms with Gasteiger partial charge in [-0.1, -0.05) is 41.9 Å². The van der Waals surface area contributed by atoms with Gasteiger partial charge in [-0.15, -0.1) is 0 Å². The molecule has 0 radical (unpaired) electrons. The topological polar surface area (TPSA) is 97.2 Å². The number of nitrogens with one attached hydrogen (secondary N) is 1. The Balaban J connectivity index is 1.37. The number of nitrogens with zero attached hydrogens (tertiary/aromatic N) is 4. The smallest absolute Gasteiger partial charge is 0.261 e. The monoisotopic (exact) mass is 471 g/mol. The molecule has 8 nitrogen and oxygen atoms in total. The molecule has 0 aliphatic carbocycles. The lowest BCUT2D eigenvalue weighted by atomic mass is 10.1. The largest absolute Gasteiger partial charge is 0.320 e. The van der Waals surface area contributed by atoms with Crippen LogP contribution in [0.25, 0.3) is 5.69 Å². The van der Waals surface area contributed by atoms with Crippen LogP contribution in [-0.2, 0) is 6.42 Å². The van der Waals surface area contributed by atoms with E-state index >= 15 is 0 Å². The second-order valence-corrected chi connectivity index (χ2v) is 8.15. The minimum Gasteiger partial charge on any atom is -0.320 e. The summed E-state index contributed by atoms with van der Waals surface area (Å²) in [6, 6.07) is 19.1. The molecule has 0 saturated carbocycles. The Morgan fingerprint density at radius 2 is 1.74 bits per heavy atom. The predicted octanol–water partition coefficient (Wildman–Crippen LogP) is 4.01. The number of benzene rings is 3.